The zero-order valence-corrected chi connectivity index (χ0v) is 17.8. The summed E-state index contributed by atoms with van der Waals surface area (Å²) in [7, 11) is 3.18. The summed E-state index contributed by atoms with van der Waals surface area (Å²) in [5, 5.41) is 14.0. The van der Waals surface area contributed by atoms with Gasteiger partial charge in [-0.05, 0) is 29.7 Å². The number of carboxylic acids is 1. The summed E-state index contributed by atoms with van der Waals surface area (Å²) in [6.07, 6.45) is 1.18. The number of methoxy groups -OCH3 is 2. The Morgan fingerprint density at radius 1 is 1.07 bits per heavy atom. The molecule has 3 aromatic rings. The molecule has 1 heterocycles. The molecule has 7 heteroatoms. The monoisotopic (exact) mass is 409 g/mol. The van der Waals surface area contributed by atoms with Crippen LogP contribution in [-0.2, 0) is 28.2 Å². The van der Waals surface area contributed by atoms with Crippen LogP contribution in [0.2, 0.25) is 0 Å². The van der Waals surface area contributed by atoms with E-state index in [2.05, 4.69) is 5.10 Å². The molecular weight excluding hydrogens is 382 g/mol. The number of aryl methyl sites for hydroxylation is 1. The van der Waals surface area contributed by atoms with Crippen molar-refractivity contribution in [1.29, 1.82) is 0 Å². The molecule has 0 amide bonds. The Morgan fingerprint density at radius 3 is 2.30 bits per heavy atom. The molecule has 1 aromatic heterocycles. The van der Waals surface area contributed by atoms with Crippen LogP contribution in [0.15, 0.2) is 48.5 Å². The number of hydrogen-bond acceptors (Lipinski definition) is 5. The van der Waals surface area contributed by atoms with E-state index in [0.717, 1.165) is 17.0 Å². The average Bonchev–Trinajstić information content (AvgIpc) is 3.19. The van der Waals surface area contributed by atoms with Gasteiger partial charge in [-0.3, -0.25) is 0 Å². The molecule has 0 aliphatic heterocycles. The van der Waals surface area contributed by atoms with Gasteiger partial charge in [0.25, 0.3) is 0 Å². The van der Waals surface area contributed by atoms with Gasteiger partial charge in [0.1, 0.15) is 5.82 Å². The van der Waals surface area contributed by atoms with Gasteiger partial charge < -0.3 is 14.6 Å². The van der Waals surface area contributed by atoms with E-state index >= 15 is 0 Å². The van der Waals surface area contributed by atoms with Crippen molar-refractivity contribution in [3.8, 4) is 11.1 Å². The molecule has 7 nitrogen and oxygen atoms in total. The number of aromatic carboxylic acids is 1. The number of carbonyl (C=O) groups is 1. The molecule has 0 aliphatic carbocycles. The third-order valence-electron chi connectivity index (χ3n) is 5.30. The maximum absolute atomic E-state index is 11.5. The predicted molar refractivity (Wildman–Crippen MR) is 113 cm³/mol. The highest BCUT2D eigenvalue weighted by atomic mass is 16.7. The van der Waals surface area contributed by atoms with Gasteiger partial charge in [0, 0.05) is 33.6 Å². The number of carboxylic acid groups (broad SMARTS) is 1. The Kier molecular flexibility index (Phi) is 6.64. The van der Waals surface area contributed by atoms with Crippen LogP contribution in [0.5, 0.6) is 0 Å². The van der Waals surface area contributed by atoms with Gasteiger partial charge in [0.15, 0.2) is 0 Å². The van der Waals surface area contributed by atoms with Crippen LogP contribution in [0, 0.1) is 0 Å². The highest BCUT2D eigenvalue weighted by Gasteiger charge is 2.35. The smallest absolute Gasteiger partial charge is 0.336 e. The van der Waals surface area contributed by atoms with Crippen LogP contribution in [0.1, 0.15) is 47.8 Å². The largest absolute Gasteiger partial charge is 0.478 e. The van der Waals surface area contributed by atoms with Gasteiger partial charge in [0.05, 0.1) is 5.56 Å². The van der Waals surface area contributed by atoms with Crippen LogP contribution < -0.4 is 0 Å². The van der Waals surface area contributed by atoms with E-state index in [4.69, 9.17) is 14.5 Å². The van der Waals surface area contributed by atoms with Crippen molar-refractivity contribution >= 4 is 5.97 Å². The fraction of sp³-hybridized carbons (Fsp3) is 0.348. The molecule has 0 bridgehead atoms. The van der Waals surface area contributed by atoms with Crippen LogP contribution in [0.3, 0.4) is 0 Å². The van der Waals surface area contributed by atoms with E-state index in [0.29, 0.717) is 30.8 Å². The normalized spacial score (nSPS) is 11.6. The number of nitrogens with zero attached hydrogens (tertiary/aromatic N) is 3. The quantitative estimate of drug-likeness (QED) is 0.535. The van der Waals surface area contributed by atoms with E-state index in [9.17, 15) is 9.90 Å². The number of ether oxygens (including phenoxy) is 2. The molecule has 0 saturated heterocycles. The van der Waals surface area contributed by atoms with E-state index in [1.54, 1.807) is 26.4 Å². The molecule has 2 aromatic carbocycles. The van der Waals surface area contributed by atoms with Crippen molar-refractivity contribution in [3.63, 3.8) is 0 Å². The Balaban J connectivity index is 1.89. The SMILES string of the molecule is CCn1nc(C(CC)(OC)OC)nc1Cc1ccc(-c2ccccc2C(=O)O)cc1. The molecule has 0 saturated carbocycles. The zero-order valence-electron chi connectivity index (χ0n) is 17.8. The van der Waals surface area contributed by atoms with Crippen LogP contribution in [0.25, 0.3) is 11.1 Å². The lowest BCUT2D eigenvalue weighted by molar-refractivity contribution is -0.222. The van der Waals surface area contributed by atoms with E-state index in [-0.39, 0.29) is 5.56 Å². The lowest BCUT2D eigenvalue weighted by Gasteiger charge is -2.26. The minimum absolute atomic E-state index is 0.288. The first-order valence-corrected chi connectivity index (χ1v) is 9.94. The predicted octanol–water partition coefficient (Wildman–Crippen LogP) is 4.11. The van der Waals surface area contributed by atoms with E-state index in [1.165, 1.54) is 0 Å². The van der Waals surface area contributed by atoms with Crippen molar-refractivity contribution in [1.82, 2.24) is 14.8 Å². The maximum atomic E-state index is 11.5. The van der Waals surface area contributed by atoms with E-state index < -0.39 is 11.8 Å². The van der Waals surface area contributed by atoms with Crippen molar-refractivity contribution in [2.75, 3.05) is 14.2 Å². The van der Waals surface area contributed by atoms with Crippen LogP contribution in [0.4, 0.5) is 0 Å². The Bertz CT molecular complexity index is 999. The fourth-order valence-electron chi connectivity index (χ4n) is 3.54. The Morgan fingerprint density at radius 2 is 1.73 bits per heavy atom. The lowest BCUT2D eigenvalue weighted by Crippen LogP contribution is -2.31. The first-order valence-electron chi connectivity index (χ1n) is 9.94. The van der Waals surface area contributed by atoms with Crippen molar-refractivity contribution in [2.24, 2.45) is 0 Å². The molecule has 0 radical (unpaired) electrons. The van der Waals surface area contributed by atoms with Gasteiger partial charge in [0.2, 0.25) is 11.6 Å². The molecule has 0 aliphatic rings. The van der Waals surface area contributed by atoms with Crippen molar-refractivity contribution in [2.45, 2.75) is 39.0 Å². The molecule has 1 N–H and O–H groups in total. The van der Waals surface area contributed by atoms with Gasteiger partial charge >= 0.3 is 5.97 Å². The molecule has 0 fully saturated rings. The summed E-state index contributed by atoms with van der Waals surface area (Å²) in [5.74, 6) is -0.564. The van der Waals surface area contributed by atoms with Gasteiger partial charge in [-0.25, -0.2) is 14.5 Å². The minimum Gasteiger partial charge on any atom is -0.478 e. The summed E-state index contributed by atoms with van der Waals surface area (Å²) in [6.45, 7) is 4.66. The lowest BCUT2D eigenvalue weighted by atomic mass is 9.98. The van der Waals surface area contributed by atoms with Crippen LogP contribution in [-0.4, -0.2) is 40.1 Å². The minimum atomic E-state index is -0.959. The molecule has 158 valence electrons. The summed E-state index contributed by atoms with van der Waals surface area (Å²) in [5.41, 5.74) is 2.90. The third-order valence-corrected chi connectivity index (χ3v) is 5.30. The second-order valence-electron chi connectivity index (χ2n) is 6.91. The molecule has 3 rings (SSSR count). The summed E-state index contributed by atoms with van der Waals surface area (Å²) < 4.78 is 13.0. The third kappa shape index (κ3) is 4.13. The first-order chi connectivity index (χ1) is 14.5. The van der Waals surface area contributed by atoms with E-state index in [1.807, 2.05) is 54.9 Å². The number of rotatable bonds is 9. The summed E-state index contributed by atoms with van der Waals surface area (Å²) in [4.78, 5) is 16.2. The van der Waals surface area contributed by atoms with Crippen LogP contribution >= 0.6 is 0 Å². The summed E-state index contributed by atoms with van der Waals surface area (Å²) in [6, 6.07) is 14.8. The van der Waals surface area contributed by atoms with Gasteiger partial charge in [-0.2, -0.15) is 5.10 Å². The number of hydrogen-bond donors (Lipinski definition) is 1. The fourth-order valence-corrected chi connectivity index (χ4v) is 3.54. The standard InChI is InChI=1S/C23H27N3O4/c1-5-23(29-3,30-4)22-24-20(26(6-2)25-22)15-16-11-13-17(14-12-16)18-9-7-8-10-19(18)21(27)28/h7-14H,5-6,15H2,1-4H3,(H,27,28). The van der Waals surface area contributed by atoms with Gasteiger partial charge in [-0.1, -0.05) is 49.4 Å². The average molecular weight is 409 g/mol. The highest BCUT2D eigenvalue weighted by molar-refractivity contribution is 5.95. The van der Waals surface area contributed by atoms with Crippen molar-refractivity contribution < 1.29 is 19.4 Å². The number of benzene rings is 2. The first kappa shape index (κ1) is 21.7. The Labute approximate surface area is 176 Å². The second kappa shape index (κ2) is 9.19. The van der Waals surface area contributed by atoms with Crippen molar-refractivity contribution in [3.05, 3.63) is 71.3 Å². The molecule has 30 heavy (non-hydrogen) atoms. The summed E-state index contributed by atoms with van der Waals surface area (Å²) >= 11 is 0. The maximum Gasteiger partial charge on any atom is 0.336 e. The second-order valence-corrected chi connectivity index (χ2v) is 6.91. The Hall–Kier alpha value is -3.03. The molecule has 0 spiro atoms. The topological polar surface area (TPSA) is 86.5 Å². The highest BCUT2D eigenvalue weighted by Crippen LogP contribution is 2.28. The molecule has 0 atom stereocenters. The number of aromatic nitrogens is 3. The van der Waals surface area contributed by atoms with Gasteiger partial charge in [-0.15, -0.1) is 0 Å². The molecular formula is C23H27N3O4. The zero-order chi connectivity index (χ0) is 21.7. The molecule has 0 unspecified atom stereocenters.